The third kappa shape index (κ3) is 3.15. The molecule has 0 unspecified atom stereocenters. The second kappa shape index (κ2) is 5.59. The van der Waals surface area contributed by atoms with Crippen molar-refractivity contribution in [2.75, 3.05) is 0 Å². The highest BCUT2D eigenvalue weighted by Gasteiger charge is 1.97. The topological polar surface area (TPSA) is 12.9 Å². The number of hydrogen-bond acceptors (Lipinski definition) is 1. The summed E-state index contributed by atoms with van der Waals surface area (Å²) in [4.78, 5) is 4.28. The van der Waals surface area contributed by atoms with Gasteiger partial charge in [0.05, 0.1) is 0 Å². The Morgan fingerprint density at radius 2 is 1.88 bits per heavy atom. The summed E-state index contributed by atoms with van der Waals surface area (Å²) in [7, 11) is 0. The monoisotopic (exact) mass is 385 g/mol. The molecular formula is C13H9BrIN. The Kier molecular flexibility index (Phi) is 4.12. The van der Waals surface area contributed by atoms with Crippen LogP contribution >= 0.6 is 38.5 Å². The predicted octanol–water partition coefficient (Wildman–Crippen LogP) is 4.62. The third-order valence-corrected chi connectivity index (χ3v) is 3.42. The van der Waals surface area contributed by atoms with Gasteiger partial charge in [0.2, 0.25) is 0 Å². The largest absolute Gasteiger partial charge is 0.249 e. The van der Waals surface area contributed by atoms with Crippen molar-refractivity contribution in [2.45, 2.75) is 0 Å². The zero-order valence-electron chi connectivity index (χ0n) is 8.40. The van der Waals surface area contributed by atoms with Crippen LogP contribution in [0, 0.1) is 3.70 Å². The van der Waals surface area contributed by atoms with Crippen molar-refractivity contribution in [2.24, 2.45) is 0 Å². The molecule has 1 aromatic carbocycles. The van der Waals surface area contributed by atoms with Crippen molar-refractivity contribution in [3.05, 3.63) is 61.9 Å². The van der Waals surface area contributed by atoms with Gasteiger partial charge in [-0.25, -0.2) is 4.98 Å². The first kappa shape index (κ1) is 11.8. The quantitative estimate of drug-likeness (QED) is 0.543. The molecule has 16 heavy (non-hydrogen) atoms. The maximum atomic E-state index is 4.28. The minimum Gasteiger partial charge on any atom is -0.249 e. The summed E-state index contributed by atoms with van der Waals surface area (Å²) in [6, 6.07) is 12.3. The summed E-state index contributed by atoms with van der Waals surface area (Å²) in [6.45, 7) is 0. The van der Waals surface area contributed by atoms with Crippen molar-refractivity contribution in [3.63, 3.8) is 0 Å². The van der Waals surface area contributed by atoms with Gasteiger partial charge in [0, 0.05) is 16.2 Å². The van der Waals surface area contributed by atoms with Crippen molar-refractivity contribution in [1.82, 2.24) is 4.98 Å². The van der Waals surface area contributed by atoms with E-state index in [1.54, 1.807) is 0 Å². The molecule has 0 saturated carbocycles. The van der Waals surface area contributed by atoms with E-state index in [-0.39, 0.29) is 0 Å². The van der Waals surface area contributed by atoms with Gasteiger partial charge in [0.25, 0.3) is 0 Å². The minimum absolute atomic E-state index is 1.00. The molecule has 0 fully saturated rings. The number of pyridine rings is 1. The van der Waals surface area contributed by atoms with Crippen LogP contribution < -0.4 is 0 Å². The van der Waals surface area contributed by atoms with Crippen LogP contribution in [0.5, 0.6) is 0 Å². The smallest absolute Gasteiger partial charge is 0.108 e. The number of benzene rings is 1. The second-order valence-corrected chi connectivity index (χ2v) is 5.22. The highest BCUT2D eigenvalue weighted by atomic mass is 127. The third-order valence-electron chi connectivity index (χ3n) is 2.09. The lowest BCUT2D eigenvalue weighted by molar-refractivity contribution is 1.24. The van der Waals surface area contributed by atoms with Gasteiger partial charge in [0.1, 0.15) is 3.70 Å². The fraction of sp³-hybridized carbons (Fsp3) is 0. The van der Waals surface area contributed by atoms with Gasteiger partial charge in [-0.2, -0.15) is 0 Å². The number of aromatic nitrogens is 1. The number of nitrogens with zero attached hydrogens (tertiary/aromatic N) is 1. The van der Waals surface area contributed by atoms with E-state index in [2.05, 4.69) is 73.9 Å². The van der Waals surface area contributed by atoms with E-state index in [0.29, 0.717) is 0 Å². The second-order valence-electron chi connectivity index (χ2n) is 3.28. The molecule has 0 bridgehead atoms. The molecule has 0 atom stereocenters. The Balaban J connectivity index is 2.27. The van der Waals surface area contributed by atoms with Crippen LogP contribution in [0.1, 0.15) is 11.1 Å². The molecule has 0 radical (unpaired) electrons. The van der Waals surface area contributed by atoms with Crippen LogP contribution in [-0.4, -0.2) is 4.98 Å². The number of halogens is 2. The van der Waals surface area contributed by atoms with Crippen LogP contribution in [-0.2, 0) is 0 Å². The van der Waals surface area contributed by atoms with Gasteiger partial charge in [0.15, 0.2) is 0 Å². The maximum absolute atomic E-state index is 4.28. The molecule has 0 saturated heterocycles. The lowest BCUT2D eigenvalue weighted by Crippen LogP contribution is -1.84. The van der Waals surface area contributed by atoms with Crippen molar-refractivity contribution in [1.29, 1.82) is 0 Å². The van der Waals surface area contributed by atoms with Crippen LogP contribution in [0.15, 0.2) is 47.1 Å². The first-order valence-electron chi connectivity index (χ1n) is 4.80. The summed E-state index contributed by atoms with van der Waals surface area (Å²) in [5, 5.41) is 0. The lowest BCUT2D eigenvalue weighted by Gasteiger charge is -1.98. The number of rotatable bonds is 2. The molecule has 3 heteroatoms. The van der Waals surface area contributed by atoms with Gasteiger partial charge in [-0.3, -0.25) is 0 Å². The Hall–Kier alpha value is -0.680. The van der Waals surface area contributed by atoms with Crippen molar-refractivity contribution < 1.29 is 0 Å². The molecule has 1 aromatic heterocycles. The van der Waals surface area contributed by atoms with E-state index >= 15 is 0 Å². The molecule has 1 nitrogen and oxygen atoms in total. The standard InChI is InChI=1S/C13H9BrIN/c14-12-8-11(13(15)16-9-12)7-6-10-4-2-1-3-5-10/h1-9H/b7-6+. The van der Waals surface area contributed by atoms with Crippen LogP contribution in [0.3, 0.4) is 0 Å². The fourth-order valence-corrected chi connectivity index (χ4v) is 2.13. The lowest BCUT2D eigenvalue weighted by atomic mass is 10.2. The number of hydrogen-bond donors (Lipinski definition) is 0. The molecule has 1 heterocycles. The zero-order chi connectivity index (χ0) is 11.4. The van der Waals surface area contributed by atoms with Crippen LogP contribution in [0.4, 0.5) is 0 Å². The average Bonchev–Trinajstić information content (AvgIpc) is 2.32. The molecule has 0 aliphatic heterocycles. The molecule has 2 rings (SSSR count). The first-order valence-corrected chi connectivity index (χ1v) is 6.67. The van der Waals surface area contributed by atoms with E-state index in [4.69, 9.17) is 0 Å². The summed E-state index contributed by atoms with van der Waals surface area (Å²) in [5.41, 5.74) is 2.32. The van der Waals surface area contributed by atoms with Crippen LogP contribution in [0.25, 0.3) is 12.2 Å². The SMILES string of the molecule is Brc1cnc(I)c(/C=C/c2ccccc2)c1. The zero-order valence-corrected chi connectivity index (χ0v) is 12.1. The predicted molar refractivity (Wildman–Crippen MR) is 80.0 cm³/mol. The summed E-state index contributed by atoms with van der Waals surface area (Å²) in [6.07, 6.45) is 5.97. The van der Waals surface area contributed by atoms with Gasteiger partial charge < -0.3 is 0 Å². The molecule has 0 aliphatic carbocycles. The van der Waals surface area contributed by atoms with Gasteiger partial charge in [-0.05, 0) is 50.2 Å². The van der Waals surface area contributed by atoms with Crippen molar-refractivity contribution >= 4 is 50.7 Å². The summed E-state index contributed by atoms with van der Waals surface area (Å²) < 4.78 is 2.01. The average molecular weight is 386 g/mol. The maximum Gasteiger partial charge on any atom is 0.108 e. The van der Waals surface area contributed by atoms with Gasteiger partial charge >= 0.3 is 0 Å². The van der Waals surface area contributed by atoms with E-state index in [1.807, 2.05) is 24.4 Å². The van der Waals surface area contributed by atoms with Crippen molar-refractivity contribution in [3.8, 4) is 0 Å². The molecular weight excluding hydrogens is 377 g/mol. The summed E-state index contributed by atoms with van der Waals surface area (Å²) in [5.74, 6) is 0. The molecule has 2 aromatic rings. The fourth-order valence-electron chi connectivity index (χ4n) is 1.31. The molecule has 0 spiro atoms. The van der Waals surface area contributed by atoms with E-state index in [0.717, 1.165) is 13.7 Å². The molecule has 0 amide bonds. The Bertz CT molecular complexity index is 509. The minimum atomic E-state index is 1.00. The van der Waals surface area contributed by atoms with E-state index in [9.17, 15) is 0 Å². The molecule has 0 N–H and O–H groups in total. The first-order chi connectivity index (χ1) is 7.75. The van der Waals surface area contributed by atoms with Gasteiger partial charge in [-0.15, -0.1) is 0 Å². The summed E-state index contributed by atoms with van der Waals surface area (Å²) >= 11 is 5.66. The highest BCUT2D eigenvalue weighted by Crippen LogP contribution is 2.18. The van der Waals surface area contributed by atoms with E-state index < -0.39 is 0 Å². The molecule has 0 aliphatic rings. The van der Waals surface area contributed by atoms with E-state index in [1.165, 1.54) is 5.56 Å². The Morgan fingerprint density at radius 3 is 2.62 bits per heavy atom. The van der Waals surface area contributed by atoms with Gasteiger partial charge in [-0.1, -0.05) is 42.5 Å². The molecule has 80 valence electrons. The van der Waals surface area contributed by atoms with Crippen LogP contribution in [0.2, 0.25) is 0 Å². The highest BCUT2D eigenvalue weighted by molar-refractivity contribution is 14.1. The Morgan fingerprint density at radius 1 is 1.12 bits per heavy atom. The normalized spacial score (nSPS) is 10.9. The Labute approximate surface area is 117 Å².